The van der Waals surface area contributed by atoms with Crippen molar-refractivity contribution in [2.75, 3.05) is 0 Å². The molecule has 1 amide bonds. The molecular formula is C25H15Cl3N2O3. The molecule has 0 atom stereocenters. The first-order chi connectivity index (χ1) is 15.9. The molecule has 0 radical (unpaired) electrons. The van der Waals surface area contributed by atoms with Gasteiger partial charge in [-0.15, -0.1) is 0 Å². The summed E-state index contributed by atoms with van der Waals surface area (Å²) in [6.07, 6.45) is 1.42. The van der Waals surface area contributed by atoms with Crippen LogP contribution in [0.15, 0.2) is 84.0 Å². The van der Waals surface area contributed by atoms with Crippen LogP contribution < -0.4 is 10.2 Å². The van der Waals surface area contributed by atoms with E-state index in [0.717, 1.165) is 10.8 Å². The van der Waals surface area contributed by atoms with Gasteiger partial charge in [0.25, 0.3) is 5.91 Å². The van der Waals surface area contributed by atoms with E-state index in [-0.39, 0.29) is 26.9 Å². The Morgan fingerprint density at radius 2 is 1.58 bits per heavy atom. The van der Waals surface area contributed by atoms with Crippen LogP contribution in [-0.2, 0) is 0 Å². The molecule has 0 heterocycles. The number of carbonyl (C=O) groups excluding carboxylic acids is 2. The van der Waals surface area contributed by atoms with Crippen LogP contribution in [0.2, 0.25) is 15.1 Å². The summed E-state index contributed by atoms with van der Waals surface area (Å²) in [5.41, 5.74) is 3.41. The van der Waals surface area contributed by atoms with E-state index < -0.39 is 11.9 Å². The van der Waals surface area contributed by atoms with Gasteiger partial charge in [0.15, 0.2) is 0 Å². The van der Waals surface area contributed by atoms with E-state index in [1.807, 2.05) is 30.3 Å². The molecule has 164 valence electrons. The number of nitrogens with one attached hydrogen (secondary N) is 1. The molecule has 33 heavy (non-hydrogen) atoms. The third-order valence-corrected chi connectivity index (χ3v) is 5.64. The SMILES string of the molecule is O=C(N/N=C/c1c(OC(=O)c2ccccc2Cl)ccc2ccccc12)c1ccc(Cl)cc1Cl. The van der Waals surface area contributed by atoms with E-state index in [4.69, 9.17) is 39.5 Å². The van der Waals surface area contributed by atoms with Crippen LogP contribution in [-0.4, -0.2) is 18.1 Å². The number of nitrogens with zero attached hydrogens (tertiary/aromatic N) is 1. The standard InChI is InChI=1S/C25H15Cl3N2O3/c26-16-10-11-18(22(28)13-16)24(31)30-29-14-20-17-6-2-1-5-15(17)9-12-23(20)33-25(32)19-7-3-4-8-21(19)27/h1-14H,(H,30,31)/b29-14+. The van der Waals surface area contributed by atoms with E-state index in [0.29, 0.717) is 10.6 Å². The Hall–Kier alpha value is -3.38. The van der Waals surface area contributed by atoms with Crippen LogP contribution in [0.4, 0.5) is 0 Å². The van der Waals surface area contributed by atoms with Gasteiger partial charge in [-0.1, -0.05) is 77.3 Å². The van der Waals surface area contributed by atoms with E-state index >= 15 is 0 Å². The summed E-state index contributed by atoms with van der Waals surface area (Å²) in [5.74, 6) is -0.855. The number of halogens is 3. The Bertz CT molecular complexity index is 1400. The molecule has 5 nitrogen and oxygen atoms in total. The normalized spacial score (nSPS) is 11.0. The molecule has 1 N–H and O–H groups in total. The van der Waals surface area contributed by atoms with Gasteiger partial charge < -0.3 is 4.74 Å². The van der Waals surface area contributed by atoms with Crippen LogP contribution in [0, 0.1) is 0 Å². The summed E-state index contributed by atoms with van der Waals surface area (Å²) in [4.78, 5) is 25.2. The Balaban J connectivity index is 1.64. The fraction of sp³-hybridized carbons (Fsp3) is 0. The number of fused-ring (bicyclic) bond motifs is 1. The zero-order valence-corrected chi connectivity index (χ0v) is 19.2. The molecule has 0 aromatic heterocycles. The van der Waals surface area contributed by atoms with Crippen LogP contribution in [0.25, 0.3) is 10.8 Å². The van der Waals surface area contributed by atoms with Gasteiger partial charge in [-0.25, -0.2) is 10.2 Å². The number of hydrazone groups is 1. The number of amides is 1. The summed E-state index contributed by atoms with van der Waals surface area (Å²) < 4.78 is 5.63. The molecule has 0 spiro atoms. The lowest BCUT2D eigenvalue weighted by Gasteiger charge is -2.11. The summed E-state index contributed by atoms with van der Waals surface area (Å²) in [7, 11) is 0. The molecule has 0 saturated carbocycles. The highest BCUT2D eigenvalue weighted by Gasteiger charge is 2.16. The van der Waals surface area contributed by atoms with E-state index in [2.05, 4.69) is 10.5 Å². The van der Waals surface area contributed by atoms with Crippen LogP contribution in [0.5, 0.6) is 5.75 Å². The molecule has 8 heteroatoms. The van der Waals surface area contributed by atoms with Crippen molar-refractivity contribution in [3.05, 3.63) is 111 Å². The third kappa shape index (κ3) is 5.17. The fourth-order valence-corrected chi connectivity index (χ4v) is 3.88. The molecule has 0 aliphatic carbocycles. The smallest absolute Gasteiger partial charge is 0.345 e. The maximum atomic E-state index is 12.7. The van der Waals surface area contributed by atoms with Gasteiger partial charge in [0, 0.05) is 10.6 Å². The highest BCUT2D eigenvalue weighted by Crippen LogP contribution is 2.28. The number of hydrogen-bond donors (Lipinski definition) is 1. The quantitative estimate of drug-likeness (QED) is 0.143. The first kappa shape index (κ1) is 22.8. The minimum absolute atomic E-state index is 0.203. The highest BCUT2D eigenvalue weighted by atomic mass is 35.5. The molecule has 0 bridgehead atoms. The molecule has 0 aliphatic heterocycles. The maximum Gasteiger partial charge on any atom is 0.345 e. The van der Waals surface area contributed by atoms with Crippen molar-refractivity contribution in [1.29, 1.82) is 0 Å². The maximum absolute atomic E-state index is 12.7. The second-order valence-corrected chi connectivity index (χ2v) is 8.14. The number of carbonyl (C=O) groups is 2. The zero-order valence-electron chi connectivity index (χ0n) is 16.9. The van der Waals surface area contributed by atoms with Gasteiger partial charge in [0.1, 0.15) is 5.75 Å². The largest absolute Gasteiger partial charge is 0.422 e. The molecule has 0 saturated heterocycles. The van der Waals surface area contributed by atoms with Gasteiger partial charge >= 0.3 is 5.97 Å². The van der Waals surface area contributed by atoms with E-state index in [1.54, 1.807) is 36.4 Å². The number of ether oxygens (including phenoxy) is 1. The Labute approximate surface area is 204 Å². The lowest BCUT2D eigenvalue weighted by Crippen LogP contribution is -2.18. The summed E-state index contributed by atoms with van der Waals surface area (Å²) in [6, 6.07) is 22.2. The lowest BCUT2D eigenvalue weighted by molar-refractivity contribution is 0.0734. The first-order valence-electron chi connectivity index (χ1n) is 9.71. The van der Waals surface area contributed by atoms with Crippen LogP contribution >= 0.6 is 34.8 Å². The summed E-state index contributed by atoms with van der Waals surface area (Å²) in [6.45, 7) is 0. The first-order valence-corrected chi connectivity index (χ1v) is 10.8. The van der Waals surface area contributed by atoms with Gasteiger partial charge in [-0.3, -0.25) is 4.79 Å². The number of esters is 1. The van der Waals surface area contributed by atoms with Gasteiger partial charge in [0.05, 0.1) is 27.4 Å². The van der Waals surface area contributed by atoms with Crippen molar-refractivity contribution < 1.29 is 14.3 Å². The van der Waals surface area contributed by atoms with Crippen molar-refractivity contribution >= 4 is 63.7 Å². The van der Waals surface area contributed by atoms with Crippen molar-refractivity contribution in [1.82, 2.24) is 5.43 Å². The average Bonchev–Trinajstić information content (AvgIpc) is 2.80. The van der Waals surface area contributed by atoms with Crippen LogP contribution in [0.3, 0.4) is 0 Å². The second-order valence-electron chi connectivity index (χ2n) is 6.89. The third-order valence-electron chi connectivity index (χ3n) is 4.76. The molecule has 4 rings (SSSR count). The number of benzene rings is 4. The van der Waals surface area contributed by atoms with E-state index in [9.17, 15) is 9.59 Å². The molecule has 0 fully saturated rings. The molecular weight excluding hydrogens is 483 g/mol. The molecule has 4 aromatic carbocycles. The Kier molecular flexibility index (Phi) is 6.94. The fourth-order valence-electron chi connectivity index (χ4n) is 3.17. The topological polar surface area (TPSA) is 67.8 Å². The number of rotatable bonds is 5. The Morgan fingerprint density at radius 1 is 0.818 bits per heavy atom. The van der Waals surface area contributed by atoms with Gasteiger partial charge in [-0.05, 0) is 47.2 Å². The predicted octanol–water partition coefficient (Wildman–Crippen LogP) is 6.78. The van der Waals surface area contributed by atoms with Crippen molar-refractivity contribution in [3.63, 3.8) is 0 Å². The minimum Gasteiger partial charge on any atom is -0.422 e. The van der Waals surface area contributed by atoms with E-state index in [1.165, 1.54) is 18.3 Å². The second kappa shape index (κ2) is 10.0. The molecule has 0 unspecified atom stereocenters. The average molecular weight is 498 g/mol. The highest BCUT2D eigenvalue weighted by molar-refractivity contribution is 6.36. The monoisotopic (exact) mass is 496 g/mol. The van der Waals surface area contributed by atoms with Crippen molar-refractivity contribution in [2.45, 2.75) is 0 Å². The predicted molar refractivity (Wildman–Crippen MR) is 132 cm³/mol. The summed E-state index contributed by atoms with van der Waals surface area (Å²) >= 11 is 18.1. The van der Waals surface area contributed by atoms with Gasteiger partial charge in [0.2, 0.25) is 0 Å². The molecule has 4 aromatic rings. The van der Waals surface area contributed by atoms with Crippen molar-refractivity contribution in [3.8, 4) is 5.75 Å². The number of hydrogen-bond acceptors (Lipinski definition) is 4. The van der Waals surface area contributed by atoms with Crippen molar-refractivity contribution in [2.24, 2.45) is 5.10 Å². The van der Waals surface area contributed by atoms with Gasteiger partial charge in [-0.2, -0.15) is 5.10 Å². The Morgan fingerprint density at radius 3 is 2.36 bits per heavy atom. The molecule has 0 aliphatic rings. The lowest BCUT2D eigenvalue weighted by atomic mass is 10.0. The van der Waals surface area contributed by atoms with Crippen LogP contribution in [0.1, 0.15) is 26.3 Å². The minimum atomic E-state index is -0.609. The zero-order chi connectivity index (χ0) is 23.4. The summed E-state index contributed by atoms with van der Waals surface area (Å²) in [5, 5.41) is 6.65.